The summed E-state index contributed by atoms with van der Waals surface area (Å²) >= 11 is 5.92. The third kappa shape index (κ3) is 2.56. The van der Waals surface area contributed by atoms with E-state index in [0.29, 0.717) is 5.02 Å². The molecule has 0 amide bonds. The van der Waals surface area contributed by atoms with Crippen LogP contribution in [0.15, 0.2) is 48.5 Å². The fraction of sp³-hybridized carbons (Fsp3) is 0.143. The lowest BCUT2D eigenvalue weighted by molar-refractivity contribution is 0.410. The van der Waals surface area contributed by atoms with E-state index in [1.54, 1.807) is 7.11 Å². The van der Waals surface area contributed by atoms with Gasteiger partial charge in [0.05, 0.1) is 7.11 Å². The first-order valence-corrected chi connectivity index (χ1v) is 5.54. The van der Waals surface area contributed by atoms with E-state index in [-0.39, 0.29) is 0 Å². The average molecular weight is 233 g/mol. The predicted molar refractivity (Wildman–Crippen MR) is 67.3 cm³/mol. The van der Waals surface area contributed by atoms with Gasteiger partial charge in [-0.2, -0.15) is 0 Å². The first kappa shape index (κ1) is 11.0. The topological polar surface area (TPSA) is 9.23 Å². The zero-order chi connectivity index (χ0) is 11.4. The summed E-state index contributed by atoms with van der Waals surface area (Å²) < 4.78 is 5.31. The van der Waals surface area contributed by atoms with Crippen LogP contribution in [0.1, 0.15) is 11.1 Å². The number of benzene rings is 2. The van der Waals surface area contributed by atoms with Crippen LogP contribution in [0, 0.1) is 0 Å². The lowest BCUT2D eigenvalue weighted by atomic mass is 10.0. The minimum absolute atomic E-state index is 0.702. The first-order chi connectivity index (χ1) is 7.79. The number of rotatable bonds is 3. The third-order valence-electron chi connectivity index (χ3n) is 2.49. The Morgan fingerprint density at radius 1 is 1.06 bits per heavy atom. The molecule has 82 valence electrons. The van der Waals surface area contributed by atoms with E-state index in [9.17, 15) is 0 Å². The van der Waals surface area contributed by atoms with Crippen LogP contribution >= 0.6 is 11.6 Å². The van der Waals surface area contributed by atoms with Gasteiger partial charge in [0.2, 0.25) is 0 Å². The van der Waals surface area contributed by atoms with Crippen LogP contribution in [-0.2, 0) is 6.42 Å². The molecule has 0 unspecified atom stereocenters. The Morgan fingerprint density at radius 2 is 1.81 bits per heavy atom. The van der Waals surface area contributed by atoms with Crippen molar-refractivity contribution >= 4 is 11.6 Å². The molecule has 0 aromatic heterocycles. The minimum Gasteiger partial charge on any atom is -0.496 e. The maximum absolute atomic E-state index is 5.92. The van der Waals surface area contributed by atoms with Gasteiger partial charge in [-0.3, -0.25) is 0 Å². The predicted octanol–water partition coefficient (Wildman–Crippen LogP) is 3.94. The maximum atomic E-state index is 5.92. The highest BCUT2D eigenvalue weighted by atomic mass is 35.5. The van der Waals surface area contributed by atoms with E-state index in [1.165, 1.54) is 5.56 Å². The van der Waals surface area contributed by atoms with Crippen LogP contribution in [0.2, 0.25) is 5.02 Å². The lowest BCUT2D eigenvalue weighted by Crippen LogP contribution is -1.93. The van der Waals surface area contributed by atoms with Gasteiger partial charge in [0.25, 0.3) is 0 Å². The van der Waals surface area contributed by atoms with Crippen LogP contribution in [0.25, 0.3) is 0 Å². The molecule has 2 rings (SSSR count). The highest BCUT2D eigenvalue weighted by Gasteiger charge is 2.04. The second kappa shape index (κ2) is 5.04. The first-order valence-electron chi connectivity index (χ1n) is 5.16. The van der Waals surface area contributed by atoms with E-state index >= 15 is 0 Å². The second-order valence-electron chi connectivity index (χ2n) is 3.62. The van der Waals surface area contributed by atoms with Crippen LogP contribution in [-0.4, -0.2) is 7.11 Å². The Bertz CT molecular complexity index is 465. The molecule has 0 heterocycles. The van der Waals surface area contributed by atoms with Crippen molar-refractivity contribution in [2.75, 3.05) is 7.11 Å². The molecule has 0 N–H and O–H groups in total. The third-order valence-corrected chi connectivity index (χ3v) is 2.72. The molecule has 0 saturated heterocycles. The molecule has 1 nitrogen and oxygen atoms in total. The highest BCUT2D eigenvalue weighted by molar-refractivity contribution is 6.30. The smallest absolute Gasteiger partial charge is 0.123 e. The summed E-state index contributed by atoms with van der Waals surface area (Å²) in [7, 11) is 1.67. The zero-order valence-electron chi connectivity index (χ0n) is 9.11. The van der Waals surface area contributed by atoms with E-state index in [2.05, 4.69) is 12.1 Å². The van der Waals surface area contributed by atoms with Crippen molar-refractivity contribution in [3.05, 3.63) is 64.7 Å². The quantitative estimate of drug-likeness (QED) is 0.779. The van der Waals surface area contributed by atoms with E-state index in [1.807, 2.05) is 36.4 Å². The van der Waals surface area contributed by atoms with Crippen molar-refractivity contribution in [1.29, 1.82) is 0 Å². The molecular weight excluding hydrogens is 220 g/mol. The van der Waals surface area contributed by atoms with Crippen LogP contribution in [0.5, 0.6) is 5.75 Å². The SMILES string of the molecule is COc1cc(Cl)ccc1Cc1ccccc1. The van der Waals surface area contributed by atoms with Gasteiger partial charge >= 0.3 is 0 Å². The number of methoxy groups -OCH3 is 1. The molecule has 2 heteroatoms. The van der Waals surface area contributed by atoms with Crippen LogP contribution in [0.4, 0.5) is 0 Å². The largest absolute Gasteiger partial charge is 0.496 e. The van der Waals surface area contributed by atoms with E-state index in [0.717, 1.165) is 17.7 Å². The normalized spacial score (nSPS) is 10.1. The molecule has 2 aromatic rings. The van der Waals surface area contributed by atoms with Crippen molar-refractivity contribution in [3.63, 3.8) is 0 Å². The summed E-state index contributed by atoms with van der Waals surface area (Å²) in [5.41, 5.74) is 2.42. The van der Waals surface area contributed by atoms with Crippen LogP contribution < -0.4 is 4.74 Å². The zero-order valence-corrected chi connectivity index (χ0v) is 9.87. The molecule has 0 saturated carbocycles. The number of halogens is 1. The fourth-order valence-corrected chi connectivity index (χ4v) is 1.84. The van der Waals surface area contributed by atoms with Gasteiger partial charge in [0, 0.05) is 11.4 Å². The number of ether oxygens (including phenoxy) is 1. The highest BCUT2D eigenvalue weighted by Crippen LogP contribution is 2.25. The summed E-state index contributed by atoms with van der Waals surface area (Å²) in [6, 6.07) is 16.1. The Labute approximate surface area is 101 Å². The van der Waals surface area contributed by atoms with Gasteiger partial charge in [-0.1, -0.05) is 48.0 Å². The Morgan fingerprint density at radius 3 is 2.50 bits per heavy atom. The molecule has 16 heavy (non-hydrogen) atoms. The molecule has 0 bridgehead atoms. The number of hydrogen-bond acceptors (Lipinski definition) is 1. The Kier molecular flexibility index (Phi) is 3.47. The van der Waals surface area contributed by atoms with Gasteiger partial charge < -0.3 is 4.74 Å². The van der Waals surface area contributed by atoms with Crippen molar-refractivity contribution in [2.24, 2.45) is 0 Å². The van der Waals surface area contributed by atoms with Crippen molar-refractivity contribution in [1.82, 2.24) is 0 Å². The molecule has 0 fully saturated rings. The molecule has 0 aliphatic rings. The lowest BCUT2D eigenvalue weighted by Gasteiger charge is -2.08. The molecule has 0 aliphatic heterocycles. The van der Waals surface area contributed by atoms with Gasteiger partial charge in [-0.25, -0.2) is 0 Å². The van der Waals surface area contributed by atoms with E-state index in [4.69, 9.17) is 16.3 Å². The monoisotopic (exact) mass is 232 g/mol. The molecule has 0 aliphatic carbocycles. The van der Waals surface area contributed by atoms with Gasteiger partial charge in [0.15, 0.2) is 0 Å². The van der Waals surface area contributed by atoms with Gasteiger partial charge in [-0.15, -0.1) is 0 Å². The fourth-order valence-electron chi connectivity index (χ4n) is 1.68. The summed E-state index contributed by atoms with van der Waals surface area (Å²) in [5.74, 6) is 0.844. The maximum Gasteiger partial charge on any atom is 0.123 e. The van der Waals surface area contributed by atoms with Crippen LogP contribution in [0.3, 0.4) is 0 Å². The van der Waals surface area contributed by atoms with Crippen molar-refractivity contribution in [2.45, 2.75) is 6.42 Å². The van der Waals surface area contributed by atoms with Crippen molar-refractivity contribution < 1.29 is 4.74 Å². The van der Waals surface area contributed by atoms with Crippen molar-refractivity contribution in [3.8, 4) is 5.75 Å². The van der Waals surface area contributed by atoms with E-state index < -0.39 is 0 Å². The molecule has 0 atom stereocenters. The molecular formula is C14H13ClO. The summed E-state index contributed by atoms with van der Waals surface area (Å²) in [4.78, 5) is 0. The Hall–Kier alpha value is -1.47. The Balaban J connectivity index is 2.28. The van der Waals surface area contributed by atoms with Gasteiger partial charge in [-0.05, 0) is 23.3 Å². The average Bonchev–Trinajstić information content (AvgIpc) is 2.33. The van der Waals surface area contributed by atoms with Gasteiger partial charge in [0.1, 0.15) is 5.75 Å². The molecule has 0 radical (unpaired) electrons. The number of hydrogen-bond donors (Lipinski definition) is 0. The summed E-state index contributed by atoms with van der Waals surface area (Å²) in [6.07, 6.45) is 0.862. The summed E-state index contributed by atoms with van der Waals surface area (Å²) in [5, 5.41) is 0.702. The molecule has 0 spiro atoms. The molecule has 2 aromatic carbocycles. The second-order valence-corrected chi connectivity index (χ2v) is 4.05. The standard InChI is InChI=1S/C14H13ClO/c1-16-14-10-13(15)8-7-12(14)9-11-5-3-2-4-6-11/h2-8,10H,9H2,1H3. The summed E-state index contributed by atoms with van der Waals surface area (Å²) in [6.45, 7) is 0. The minimum atomic E-state index is 0.702.